The summed E-state index contributed by atoms with van der Waals surface area (Å²) in [6, 6.07) is 4.07. The number of hydrogen-bond donors (Lipinski definition) is 0. The monoisotopic (exact) mass is 263 g/mol. The van der Waals surface area contributed by atoms with Crippen LogP contribution in [0.5, 0.6) is 5.88 Å². The van der Waals surface area contributed by atoms with E-state index in [0.29, 0.717) is 5.88 Å². The van der Waals surface area contributed by atoms with Crippen LogP contribution in [-0.4, -0.2) is 48.2 Å². The third-order valence-electron chi connectivity index (χ3n) is 3.32. The number of aromatic nitrogens is 1. The van der Waals surface area contributed by atoms with Crippen molar-refractivity contribution in [1.82, 2.24) is 9.88 Å². The summed E-state index contributed by atoms with van der Waals surface area (Å²) in [5.74, 6) is 0.698. The van der Waals surface area contributed by atoms with Crippen LogP contribution in [-0.2, 0) is 0 Å². The number of anilines is 1. The highest BCUT2D eigenvalue weighted by atomic mass is 16.5. The summed E-state index contributed by atoms with van der Waals surface area (Å²) in [5.41, 5.74) is 0.998. The van der Waals surface area contributed by atoms with Crippen molar-refractivity contribution in [3.8, 4) is 5.88 Å². The summed E-state index contributed by atoms with van der Waals surface area (Å²) in [6.07, 6.45) is 1.92. The number of piperazine rings is 1. The highest BCUT2D eigenvalue weighted by molar-refractivity contribution is 5.45. The summed E-state index contributed by atoms with van der Waals surface area (Å²) in [6.45, 7) is 13.9. The Kier molecular flexibility index (Phi) is 4.30. The summed E-state index contributed by atoms with van der Waals surface area (Å²) < 4.78 is 5.74. The van der Waals surface area contributed by atoms with Crippen molar-refractivity contribution in [2.75, 3.05) is 37.6 Å². The molecular weight excluding hydrogens is 238 g/mol. The lowest BCUT2D eigenvalue weighted by molar-refractivity contribution is 0.124. The van der Waals surface area contributed by atoms with E-state index < -0.39 is 0 Å². The third-order valence-corrected chi connectivity index (χ3v) is 3.32. The molecule has 19 heavy (non-hydrogen) atoms. The van der Waals surface area contributed by atoms with Crippen LogP contribution in [0.3, 0.4) is 0 Å². The first-order valence-electron chi connectivity index (χ1n) is 7.10. The van der Waals surface area contributed by atoms with Gasteiger partial charge in [0.25, 0.3) is 0 Å². The molecule has 106 valence electrons. The van der Waals surface area contributed by atoms with E-state index in [1.807, 2.05) is 33.0 Å². The fourth-order valence-electron chi connectivity index (χ4n) is 2.26. The molecule has 1 aromatic rings. The minimum absolute atomic E-state index is 0.193. The highest BCUT2D eigenvalue weighted by Crippen LogP contribution is 2.20. The van der Waals surface area contributed by atoms with Gasteiger partial charge in [0, 0.05) is 32.2 Å². The molecule has 0 unspecified atom stereocenters. The van der Waals surface area contributed by atoms with Gasteiger partial charge in [0.2, 0.25) is 5.88 Å². The van der Waals surface area contributed by atoms with Gasteiger partial charge in [0.1, 0.15) is 5.60 Å². The average Bonchev–Trinajstić information content (AvgIpc) is 2.38. The predicted molar refractivity (Wildman–Crippen MR) is 78.9 cm³/mol. The van der Waals surface area contributed by atoms with E-state index in [4.69, 9.17) is 4.74 Å². The van der Waals surface area contributed by atoms with Gasteiger partial charge < -0.3 is 14.5 Å². The minimum Gasteiger partial charge on any atom is -0.472 e. The highest BCUT2D eigenvalue weighted by Gasteiger charge is 2.17. The molecule has 2 heterocycles. The van der Waals surface area contributed by atoms with Crippen LogP contribution in [0, 0.1) is 0 Å². The second kappa shape index (κ2) is 5.78. The molecule has 0 radical (unpaired) electrons. The van der Waals surface area contributed by atoms with Gasteiger partial charge in [-0.05, 0) is 33.4 Å². The van der Waals surface area contributed by atoms with E-state index in [1.165, 1.54) is 5.69 Å². The van der Waals surface area contributed by atoms with Crippen molar-refractivity contribution in [1.29, 1.82) is 0 Å². The number of nitrogens with zero attached hydrogens (tertiary/aromatic N) is 3. The zero-order chi connectivity index (χ0) is 13.9. The fourth-order valence-corrected chi connectivity index (χ4v) is 2.26. The standard InChI is InChI=1S/C15H25N3O/c1-5-17-8-10-18(11-9-17)13-6-7-14(16-12-13)19-15(2,3)4/h6-7,12H,5,8-11H2,1-4H3. The Bertz CT molecular complexity index is 389. The molecule has 1 aromatic heterocycles. The van der Waals surface area contributed by atoms with Crippen LogP contribution in [0.4, 0.5) is 5.69 Å². The maximum absolute atomic E-state index is 5.74. The van der Waals surface area contributed by atoms with Crippen LogP contribution >= 0.6 is 0 Å². The smallest absolute Gasteiger partial charge is 0.213 e. The average molecular weight is 263 g/mol. The Morgan fingerprint density at radius 1 is 1.16 bits per heavy atom. The van der Waals surface area contributed by atoms with Crippen LogP contribution in [0.25, 0.3) is 0 Å². The zero-order valence-electron chi connectivity index (χ0n) is 12.5. The normalized spacial score (nSPS) is 17.6. The molecule has 0 bridgehead atoms. The van der Waals surface area contributed by atoms with Gasteiger partial charge >= 0.3 is 0 Å². The molecule has 0 aromatic carbocycles. The quantitative estimate of drug-likeness (QED) is 0.837. The first kappa shape index (κ1) is 14.1. The molecule has 0 aliphatic carbocycles. The molecule has 1 saturated heterocycles. The van der Waals surface area contributed by atoms with E-state index >= 15 is 0 Å². The van der Waals surface area contributed by atoms with Gasteiger partial charge in [-0.3, -0.25) is 0 Å². The van der Waals surface area contributed by atoms with Gasteiger partial charge in [-0.25, -0.2) is 4.98 Å². The Hall–Kier alpha value is -1.29. The SMILES string of the molecule is CCN1CCN(c2ccc(OC(C)(C)C)nc2)CC1. The minimum atomic E-state index is -0.193. The second-order valence-electron chi connectivity index (χ2n) is 5.99. The molecule has 0 N–H and O–H groups in total. The molecule has 4 heteroatoms. The Labute approximate surface area is 116 Å². The predicted octanol–water partition coefficient (Wildman–Crippen LogP) is 2.40. The first-order valence-corrected chi connectivity index (χ1v) is 7.10. The van der Waals surface area contributed by atoms with Gasteiger partial charge in [-0.2, -0.15) is 0 Å². The molecule has 4 nitrogen and oxygen atoms in total. The largest absolute Gasteiger partial charge is 0.472 e. The van der Waals surface area contributed by atoms with Crippen LogP contribution in [0.1, 0.15) is 27.7 Å². The van der Waals surface area contributed by atoms with E-state index in [9.17, 15) is 0 Å². The van der Waals surface area contributed by atoms with E-state index in [0.717, 1.165) is 32.7 Å². The van der Waals surface area contributed by atoms with Crippen molar-refractivity contribution in [3.63, 3.8) is 0 Å². The summed E-state index contributed by atoms with van der Waals surface area (Å²) in [5, 5.41) is 0. The van der Waals surface area contributed by atoms with E-state index in [1.54, 1.807) is 0 Å². The lowest BCUT2D eigenvalue weighted by Crippen LogP contribution is -2.46. The molecule has 0 spiro atoms. The van der Waals surface area contributed by atoms with E-state index in [2.05, 4.69) is 27.8 Å². The van der Waals surface area contributed by atoms with Crippen molar-refractivity contribution in [3.05, 3.63) is 18.3 Å². The van der Waals surface area contributed by atoms with Gasteiger partial charge in [-0.15, -0.1) is 0 Å². The molecular formula is C15H25N3O. The van der Waals surface area contributed by atoms with E-state index in [-0.39, 0.29) is 5.60 Å². The van der Waals surface area contributed by atoms with Gasteiger partial charge in [0.15, 0.2) is 0 Å². The molecule has 1 fully saturated rings. The van der Waals surface area contributed by atoms with Crippen molar-refractivity contribution < 1.29 is 4.74 Å². The molecule has 0 atom stereocenters. The third kappa shape index (κ3) is 4.10. The lowest BCUT2D eigenvalue weighted by Gasteiger charge is -2.35. The van der Waals surface area contributed by atoms with Crippen LogP contribution in [0.15, 0.2) is 18.3 Å². The Morgan fingerprint density at radius 2 is 1.84 bits per heavy atom. The number of ether oxygens (including phenoxy) is 1. The Balaban J connectivity index is 1.95. The lowest BCUT2D eigenvalue weighted by atomic mass is 10.2. The maximum Gasteiger partial charge on any atom is 0.213 e. The first-order chi connectivity index (χ1) is 8.98. The summed E-state index contributed by atoms with van der Waals surface area (Å²) in [4.78, 5) is 9.26. The number of hydrogen-bond acceptors (Lipinski definition) is 4. The van der Waals surface area contributed by atoms with Crippen molar-refractivity contribution in [2.45, 2.75) is 33.3 Å². The fraction of sp³-hybridized carbons (Fsp3) is 0.667. The number of likely N-dealkylation sites (N-methyl/N-ethyl adjacent to an activating group) is 1. The molecule has 0 saturated carbocycles. The van der Waals surface area contributed by atoms with Crippen LogP contribution in [0.2, 0.25) is 0 Å². The van der Waals surface area contributed by atoms with Gasteiger partial charge in [0.05, 0.1) is 11.9 Å². The maximum atomic E-state index is 5.74. The molecule has 2 rings (SSSR count). The number of rotatable bonds is 3. The second-order valence-corrected chi connectivity index (χ2v) is 5.99. The van der Waals surface area contributed by atoms with Crippen LogP contribution < -0.4 is 9.64 Å². The summed E-state index contributed by atoms with van der Waals surface area (Å²) >= 11 is 0. The van der Waals surface area contributed by atoms with Crippen molar-refractivity contribution in [2.24, 2.45) is 0 Å². The topological polar surface area (TPSA) is 28.6 Å². The number of pyridine rings is 1. The molecule has 0 amide bonds. The summed E-state index contributed by atoms with van der Waals surface area (Å²) in [7, 11) is 0. The molecule has 1 aliphatic heterocycles. The zero-order valence-corrected chi connectivity index (χ0v) is 12.5. The van der Waals surface area contributed by atoms with Crippen molar-refractivity contribution >= 4 is 5.69 Å². The van der Waals surface area contributed by atoms with Gasteiger partial charge in [-0.1, -0.05) is 6.92 Å². The molecule has 1 aliphatic rings. The Morgan fingerprint density at radius 3 is 2.32 bits per heavy atom.